The Hall–Kier alpha value is -1.88. The van der Waals surface area contributed by atoms with Gasteiger partial charge in [-0.1, -0.05) is 43.3 Å². The second-order valence-electron chi connectivity index (χ2n) is 6.08. The predicted octanol–water partition coefficient (Wildman–Crippen LogP) is 2.88. The molecule has 0 atom stereocenters. The quantitative estimate of drug-likeness (QED) is 0.696. The molecule has 0 unspecified atom stereocenters. The summed E-state index contributed by atoms with van der Waals surface area (Å²) in [7, 11) is 2.08. The molecule has 0 saturated heterocycles. The number of nitrogens with zero attached hydrogens (tertiary/aromatic N) is 2. The molecule has 0 aliphatic carbocycles. The van der Waals surface area contributed by atoms with Gasteiger partial charge in [-0.3, -0.25) is 5.43 Å². The topological polar surface area (TPSA) is 44.5 Å². The van der Waals surface area contributed by atoms with Crippen molar-refractivity contribution in [1.29, 1.82) is 0 Å². The summed E-state index contributed by atoms with van der Waals surface area (Å²) in [5, 5.41) is 2.14. The Morgan fingerprint density at radius 3 is 2.33 bits per heavy atom. The lowest BCUT2D eigenvalue weighted by atomic mass is 10.0. The Morgan fingerprint density at radius 2 is 1.71 bits per heavy atom. The van der Waals surface area contributed by atoms with E-state index in [1.165, 1.54) is 22.4 Å². The molecule has 2 rings (SSSR count). The number of aryl methyl sites for hydroxylation is 1. The zero-order valence-electron chi connectivity index (χ0n) is 15.1. The molecule has 0 aliphatic rings. The van der Waals surface area contributed by atoms with E-state index in [-0.39, 0.29) is 0 Å². The van der Waals surface area contributed by atoms with E-state index in [1.54, 1.807) is 0 Å². The average Bonchev–Trinajstić information content (AvgIpc) is 2.60. The van der Waals surface area contributed by atoms with Crippen molar-refractivity contribution in [1.82, 2.24) is 10.4 Å². The SMILES string of the molecule is CCNN(C)CCN(CCN)c1ccc(-c2ccccc2)cc1C. The summed E-state index contributed by atoms with van der Waals surface area (Å²) in [5.41, 5.74) is 14.2. The van der Waals surface area contributed by atoms with Gasteiger partial charge in [0.15, 0.2) is 0 Å². The van der Waals surface area contributed by atoms with Gasteiger partial charge in [-0.05, 0) is 35.7 Å². The van der Waals surface area contributed by atoms with E-state index in [0.29, 0.717) is 6.54 Å². The highest BCUT2D eigenvalue weighted by molar-refractivity contribution is 5.68. The number of rotatable bonds is 9. The van der Waals surface area contributed by atoms with Gasteiger partial charge in [0.05, 0.1) is 0 Å². The minimum atomic E-state index is 0.658. The molecule has 0 amide bonds. The van der Waals surface area contributed by atoms with E-state index in [2.05, 4.69) is 84.8 Å². The first-order valence-electron chi connectivity index (χ1n) is 8.71. The number of nitrogens with two attached hydrogens (primary N) is 1. The average molecular weight is 326 g/mol. The maximum absolute atomic E-state index is 5.83. The number of benzene rings is 2. The van der Waals surface area contributed by atoms with Crippen LogP contribution >= 0.6 is 0 Å². The molecule has 4 heteroatoms. The number of hydrogen-bond donors (Lipinski definition) is 2. The normalized spacial score (nSPS) is 11.0. The first-order chi connectivity index (χ1) is 11.7. The fourth-order valence-electron chi connectivity index (χ4n) is 2.95. The van der Waals surface area contributed by atoms with Gasteiger partial charge in [-0.25, -0.2) is 5.01 Å². The van der Waals surface area contributed by atoms with Crippen LogP contribution in [0.2, 0.25) is 0 Å². The largest absolute Gasteiger partial charge is 0.369 e. The highest BCUT2D eigenvalue weighted by Crippen LogP contribution is 2.27. The summed E-state index contributed by atoms with van der Waals surface area (Å²) in [5.74, 6) is 0. The van der Waals surface area contributed by atoms with Gasteiger partial charge < -0.3 is 10.6 Å². The highest BCUT2D eigenvalue weighted by atomic mass is 15.5. The third kappa shape index (κ3) is 5.06. The number of anilines is 1. The molecule has 0 spiro atoms. The van der Waals surface area contributed by atoms with Crippen molar-refractivity contribution >= 4 is 5.69 Å². The number of hydrazine groups is 1. The first kappa shape index (κ1) is 18.5. The summed E-state index contributed by atoms with van der Waals surface area (Å²) in [6, 6.07) is 17.2. The van der Waals surface area contributed by atoms with E-state index in [4.69, 9.17) is 5.73 Å². The fourth-order valence-corrected chi connectivity index (χ4v) is 2.95. The van der Waals surface area contributed by atoms with Crippen LogP contribution < -0.4 is 16.1 Å². The van der Waals surface area contributed by atoms with Gasteiger partial charge in [0.1, 0.15) is 0 Å². The summed E-state index contributed by atoms with van der Waals surface area (Å²) in [6.07, 6.45) is 0. The molecule has 24 heavy (non-hydrogen) atoms. The lowest BCUT2D eigenvalue weighted by Gasteiger charge is -2.28. The molecule has 2 aromatic carbocycles. The van der Waals surface area contributed by atoms with Gasteiger partial charge in [-0.2, -0.15) is 0 Å². The van der Waals surface area contributed by atoms with E-state index in [9.17, 15) is 0 Å². The first-order valence-corrected chi connectivity index (χ1v) is 8.71. The molecule has 2 aromatic rings. The third-order valence-corrected chi connectivity index (χ3v) is 4.18. The maximum Gasteiger partial charge on any atom is 0.0397 e. The number of likely N-dealkylation sites (N-methyl/N-ethyl adjacent to an activating group) is 1. The van der Waals surface area contributed by atoms with E-state index < -0.39 is 0 Å². The predicted molar refractivity (Wildman–Crippen MR) is 104 cm³/mol. The van der Waals surface area contributed by atoms with E-state index in [1.807, 2.05) is 0 Å². The Labute approximate surface area is 146 Å². The van der Waals surface area contributed by atoms with Crippen LogP contribution in [0.1, 0.15) is 12.5 Å². The molecular formula is C20H30N4. The molecule has 0 fully saturated rings. The van der Waals surface area contributed by atoms with Gasteiger partial charge >= 0.3 is 0 Å². The molecule has 3 N–H and O–H groups in total. The molecule has 0 bridgehead atoms. The lowest BCUT2D eigenvalue weighted by molar-refractivity contribution is 0.246. The number of hydrogen-bond acceptors (Lipinski definition) is 4. The molecule has 130 valence electrons. The van der Waals surface area contributed by atoms with Crippen LogP contribution in [0.25, 0.3) is 11.1 Å². The van der Waals surface area contributed by atoms with Crippen LogP contribution in [0, 0.1) is 6.92 Å². The molecule has 0 heterocycles. The number of nitrogens with one attached hydrogen (secondary N) is 1. The van der Waals surface area contributed by atoms with Gasteiger partial charge in [0, 0.05) is 45.5 Å². The van der Waals surface area contributed by atoms with E-state index >= 15 is 0 Å². The molecule has 0 radical (unpaired) electrons. The molecule has 0 aromatic heterocycles. The van der Waals surface area contributed by atoms with Crippen molar-refractivity contribution in [2.75, 3.05) is 44.7 Å². The standard InChI is InChI=1S/C20H30N4/c1-4-22-23(3)14-15-24(13-12-21)20-11-10-19(16-17(20)2)18-8-6-5-7-9-18/h5-11,16,22H,4,12-15,21H2,1-3H3. The second kappa shape index (κ2) is 9.42. The van der Waals surface area contributed by atoms with Crippen molar-refractivity contribution in [3.05, 3.63) is 54.1 Å². The van der Waals surface area contributed by atoms with Crippen molar-refractivity contribution in [3.63, 3.8) is 0 Å². The van der Waals surface area contributed by atoms with Gasteiger partial charge in [0.25, 0.3) is 0 Å². The molecular weight excluding hydrogens is 296 g/mol. The smallest absolute Gasteiger partial charge is 0.0397 e. The molecule has 4 nitrogen and oxygen atoms in total. The van der Waals surface area contributed by atoms with Crippen molar-refractivity contribution < 1.29 is 0 Å². The summed E-state index contributed by atoms with van der Waals surface area (Å²) in [6.45, 7) is 8.66. The minimum Gasteiger partial charge on any atom is -0.369 e. The third-order valence-electron chi connectivity index (χ3n) is 4.18. The van der Waals surface area contributed by atoms with Crippen LogP contribution in [-0.2, 0) is 0 Å². The Bertz CT molecular complexity index is 612. The Balaban J connectivity index is 2.15. The van der Waals surface area contributed by atoms with Crippen molar-refractivity contribution in [2.45, 2.75) is 13.8 Å². The lowest BCUT2D eigenvalue weighted by Crippen LogP contribution is -2.42. The van der Waals surface area contributed by atoms with E-state index in [0.717, 1.165) is 26.2 Å². The molecule has 0 saturated carbocycles. The summed E-state index contributed by atoms with van der Waals surface area (Å²) in [4.78, 5) is 2.37. The molecule has 0 aliphatic heterocycles. The Morgan fingerprint density at radius 1 is 0.958 bits per heavy atom. The van der Waals surface area contributed by atoms with Crippen LogP contribution in [0.5, 0.6) is 0 Å². The minimum absolute atomic E-state index is 0.658. The summed E-state index contributed by atoms with van der Waals surface area (Å²) < 4.78 is 0. The van der Waals surface area contributed by atoms with Crippen LogP contribution in [0.15, 0.2) is 48.5 Å². The fraction of sp³-hybridized carbons (Fsp3) is 0.400. The van der Waals surface area contributed by atoms with Gasteiger partial charge in [0.2, 0.25) is 0 Å². The van der Waals surface area contributed by atoms with Crippen LogP contribution in [0.4, 0.5) is 5.69 Å². The summed E-state index contributed by atoms with van der Waals surface area (Å²) >= 11 is 0. The van der Waals surface area contributed by atoms with Crippen LogP contribution in [0.3, 0.4) is 0 Å². The maximum atomic E-state index is 5.83. The van der Waals surface area contributed by atoms with Crippen molar-refractivity contribution in [2.24, 2.45) is 5.73 Å². The zero-order chi connectivity index (χ0) is 17.4. The second-order valence-corrected chi connectivity index (χ2v) is 6.08. The highest BCUT2D eigenvalue weighted by Gasteiger charge is 2.10. The Kier molecular flexibility index (Phi) is 7.25. The van der Waals surface area contributed by atoms with Gasteiger partial charge in [-0.15, -0.1) is 0 Å². The van der Waals surface area contributed by atoms with Crippen molar-refractivity contribution in [3.8, 4) is 11.1 Å². The monoisotopic (exact) mass is 326 g/mol. The zero-order valence-corrected chi connectivity index (χ0v) is 15.1. The van der Waals surface area contributed by atoms with Crippen LogP contribution in [-0.4, -0.2) is 44.8 Å².